The van der Waals surface area contributed by atoms with Crippen molar-refractivity contribution in [3.8, 4) is 0 Å². The molecule has 1 aromatic rings. The number of carbonyl (C=O) groups is 1. The zero-order chi connectivity index (χ0) is 15.6. The molecule has 5 rings (SSSR count). The van der Waals surface area contributed by atoms with Crippen LogP contribution in [-0.2, 0) is 4.79 Å². The molecule has 2 unspecified atom stereocenters. The molecule has 4 saturated carbocycles. The number of hydrogen-bond donors (Lipinski definition) is 1. The average Bonchev–Trinajstić information content (AvgIpc) is 2.37. The highest BCUT2D eigenvalue weighted by atomic mass is 35.5. The summed E-state index contributed by atoms with van der Waals surface area (Å²) in [5.74, 6) is 0.971. The Kier molecular flexibility index (Phi) is 2.98. The second-order valence-corrected chi connectivity index (χ2v) is 9.31. The Balaban J connectivity index is 1.61. The van der Waals surface area contributed by atoms with Crippen LogP contribution < -0.4 is 5.32 Å². The summed E-state index contributed by atoms with van der Waals surface area (Å²) in [5.41, 5.74) is 1.44. The lowest BCUT2D eigenvalue weighted by atomic mass is 9.40. The Hall–Kier alpha value is -1.02. The summed E-state index contributed by atoms with van der Waals surface area (Å²) in [6.45, 7) is 4.81. The molecule has 4 aliphatic rings. The van der Waals surface area contributed by atoms with Gasteiger partial charge in [-0.1, -0.05) is 25.4 Å². The van der Waals surface area contributed by atoms with Crippen LogP contribution in [0.25, 0.3) is 0 Å². The van der Waals surface area contributed by atoms with Crippen molar-refractivity contribution < 1.29 is 4.79 Å². The minimum Gasteiger partial charge on any atom is -0.326 e. The summed E-state index contributed by atoms with van der Waals surface area (Å²) in [7, 11) is 0. The normalized spacial score (nSPS) is 42.4. The Bertz CT molecular complexity index is 605. The molecule has 0 spiro atoms. The van der Waals surface area contributed by atoms with Gasteiger partial charge in [-0.25, -0.2) is 0 Å². The van der Waals surface area contributed by atoms with Crippen molar-refractivity contribution in [3.05, 3.63) is 29.3 Å². The predicted octanol–water partition coefficient (Wildman–Crippen LogP) is 5.28. The maximum atomic E-state index is 13.1. The van der Waals surface area contributed by atoms with Gasteiger partial charge in [0.2, 0.25) is 5.91 Å². The van der Waals surface area contributed by atoms with Gasteiger partial charge in [0.15, 0.2) is 0 Å². The van der Waals surface area contributed by atoms with Gasteiger partial charge in [-0.3, -0.25) is 4.79 Å². The Labute approximate surface area is 137 Å². The molecular formula is C19H24ClNO. The first-order valence-corrected chi connectivity index (χ1v) is 8.75. The minimum atomic E-state index is -0.150. The SMILES string of the molecule is C[C@]12CC3CC(C(=O)Nc4ccc(Cl)cc4)(C1)C[C@@](C)(C3)C2. The smallest absolute Gasteiger partial charge is 0.230 e. The number of hydrogen-bond acceptors (Lipinski definition) is 1. The van der Waals surface area contributed by atoms with Crippen LogP contribution in [0.1, 0.15) is 52.4 Å². The van der Waals surface area contributed by atoms with Crippen LogP contribution in [0.15, 0.2) is 24.3 Å². The van der Waals surface area contributed by atoms with Crippen molar-refractivity contribution in [1.29, 1.82) is 0 Å². The second kappa shape index (κ2) is 4.50. The lowest BCUT2D eigenvalue weighted by molar-refractivity contribution is -0.165. The molecule has 118 valence electrons. The van der Waals surface area contributed by atoms with Crippen molar-refractivity contribution in [2.45, 2.75) is 52.4 Å². The number of benzene rings is 1. The van der Waals surface area contributed by atoms with Gasteiger partial charge in [-0.05, 0) is 79.5 Å². The van der Waals surface area contributed by atoms with E-state index < -0.39 is 0 Å². The van der Waals surface area contributed by atoms with Gasteiger partial charge >= 0.3 is 0 Å². The minimum absolute atomic E-state index is 0.150. The van der Waals surface area contributed by atoms with Gasteiger partial charge in [-0.2, -0.15) is 0 Å². The molecule has 2 nitrogen and oxygen atoms in total. The summed E-state index contributed by atoms with van der Waals surface area (Å²) in [6.07, 6.45) is 7.14. The zero-order valence-corrected chi connectivity index (χ0v) is 14.2. The molecule has 4 bridgehead atoms. The quantitative estimate of drug-likeness (QED) is 0.790. The van der Waals surface area contributed by atoms with Crippen LogP contribution in [-0.4, -0.2) is 5.91 Å². The van der Waals surface area contributed by atoms with E-state index in [9.17, 15) is 4.79 Å². The van der Waals surface area contributed by atoms with Gasteiger partial charge in [0.05, 0.1) is 5.41 Å². The standard InChI is InChI=1S/C19H24ClNO/c1-17-7-13-8-18(2,10-17)12-19(9-13,11-17)16(22)21-15-5-3-14(20)4-6-15/h3-6,13H,7-12H2,1-2H3,(H,21,22)/t13?,17-,18+,19?. The molecule has 4 aliphatic carbocycles. The van der Waals surface area contributed by atoms with E-state index in [4.69, 9.17) is 11.6 Å². The fourth-order valence-corrected chi connectivity index (χ4v) is 6.62. The third kappa shape index (κ3) is 2.27. The molecule has 4 atom stereocenters. The highest BCUT2D eigenvalue weighted by molar-refractivity contribution is 6.30. The third-order valence-corrected chi connectivity index (χ3v) is 6.46. The van der Waals surface area contributed by atoms with Crippen molar-refractivity contribution >= 4 is 23.2 Å². The fraction of sp³-hybridized carbons (Fsp3) is 0.632. The van der Waals surface area contributed by atoms with Gasteiger partial charge in [-0.15, -0.1) is 0 Å². The van der Waals surface area contributed by atoms with E-state index in [0.717, 1.165) is 30.9 Å². The van der Waals surface area contributed by atoms with Gasteiger partial charge in [0.25, 0.3) is 0 Å². The molecule has 0 heterocycles. The van der Waals surface area contributed by atoms with E-state index in [1.807, 2.05) is 24.3 Å². The van der Waals surface area contributed by atoms with Gasteiger partial charge in [0, 0.05) is 10.7 Å². The van der Waals surface area contributed by atoms with Crippen molar-refractivity contribution in [3.63, 3.8) is 0 Å². The summed E-state index contributed by atoms with van der Waals surface area (Å²) in [6, 6.07) is 7.45. The third-order valence-electron chi connectivity index (χ3n) is 6.21. The lowest BCUT2D eigenvalue weighted by Gasteiger charge is -2.64. The molecule has 3 heteroatoms. The molecule has 1 N–H and O–H groups in total. The van der Waals surface area contributed by atoms with E-state index in [-0.39, 0.29) is 11.3 Å². The van der Waals surface area contributed by atoms with E-state index in [0.29, 0.717) is 15.9 Å². The molecule has 0 saturated heterocycles. The summed E-state index contributed by atoms with van der Waals surface area (Å²) in [5, 5.41) is 3.86. The van der Waals surface area contributed by atoms with E-state index in [1.54, 1.807) is 0 Å². The van der Waals surface area contributed by atoms with Crippen molar-refractivity contribution in [2.75, 3.05) is 5.32 Å². The number of anilines is 1. The van der Waals surface area contributed by atoms with Crippen LogP contribution in [0.4, 0.5) is 5.69 Å². The first-order chi connectivity index (χ1) is 10.3. The lowest BCUT2D eigenvalue weighted by Crippen LogP contribution is -2.58. The Morgan fingerprint density at radius 1 is 1.05 bits per heavy atom. The van der Waals surface area contributed by atoms with Crippen LogP contribution in [0.2, 0.25) is 5.02 Å². The van der Waals surface area contributed by atoms with Crippen LogP contribution in [0.3, 0.4) is 0 Å². The summed E-state index contributed by atoms with van der Waals surface area (Å²) in [4.78, 5) is 13.1. The average molecular weight is 318 g/mol. The highest BCUT2D eigenvalue weighted by Gasteiger charge is 2.62. The molecule has 4 fully saturated rings. The Morgan fingerprint density at radius 3 is 2.18 bits per heavy atom. The maximum Gasteiger partial charge on any atom is 0.230 e. The number of carbonyl (C=O) groups excluding carboxylic acids is 1. The van der Waals surface area contributed by atoms with E-state index in [1.165, 1.54) is 19.3 Å². The maximum absolute atomic E-state index is 13.1. The van der Waals surface area contributed by atoms with Crippen LogP contribution >= 0.6 is 11.6 Å². The molecule has 0 aliphatic heterocycles. The number of halogens is 1. The first-order valence-electron chi connectivity index (χ1n) is 8.37. The predicted molar refractivity (Wildman–Crippen MR) is 89.9 cm³/mol. The van der Waals surface area contributed by atoms with Crippen molar-refractivity contribution in [2.24, 2.45) is 22.2 Å². The number of rotatable bonds is 2. The Morgan fingerprint density at radius 2 is 1.64 bits per heavy atom. The number of nitrogens with one attached hydrogen (secondary N) is 1. The molecule has 0 radical (unpaired) electrons. The molecular weight excluding hydrogens is 294 g/mol. The van der Waals surface area contributed by atoms with Crippen LogP contribution in [0, 0.1) is 22.2 Å². The fourth-order valence-electron chi connectivity index (χ4n) is 6.50. The first kappa shape index (κ1) is 14.6. The molecule has 22 heavy (non-hydrogen) atoms. The summed E-state index contributed by atoms with van der Waals surface area (Å²) >= 11 is 5.93. The highest BCUT2D eigenvalue weighted by Crippen LogP contribution is 2.69. The largest absolute Gasteiger partial charge is 0.326 e. The van der Waals surface area contributed by atoms with E-state index in [2.05, 4.69) is 19.2 Å². The molecule has 0 aromatic heterocycles. The number of amides is 1. The molecule has 1 amide bonds. The van der Waals surface area contributed by atoms with Crippen molar-refractivity contribution in [1.82, 2.24) is 0 Å². The zero-order valence-electron chi connectivity index (χ0n) is 13.4. The monoisotopic (exact) mass is 317 g/mol. The topological polar surface area (TPSA) is 29.1 Å². The van der Waals surface area contributed by atoms with E-state index >= 15 is 0 Å². The molecule has 1 aromatic carbocycles. The van der Waals surface area contributed by atoms with Gasteiger partial charge < -0.3 is 5.32 Å². The summed E-state index contributed by atoms with van der Waals surface area (Å²) < 4.78 is 0. The van der Waals surface area contributed by atoms with Crippen LogP contribution in [0.5, 0.6) is 0 Å². The second-order valence-electron chi connectivity index (χ2n) is 8.87. The van der Waals surface area contributed by atoms with Gasteiger partial charge in [0.1, 0.15) is 0 Å².